The molecule has 0 amide bonds. The van der Waals surface area contributed by atoms with Crippen molar-refractivity contribution in [3.8, 4) is 0 Å². The number of hydrogen-bond acceptors (Lipinski definition) is 4. The molecule has 1 aliphatic heterocycles. The molecular weight excluding hydrogens is 308 g/mol. The fourth-order valence-electron chi connectivity index (χ4n) is 2.16. The average molecular weight is 329 g/mol. The molecule has 1 aromatic rings. The lowest BCUT2D eigenvalue weighted by molar-refractivity contribution is -0.101. The van der Waals surface area contributed by atoms with E-state index in [1.54, 1.807) is 0 Å². The second-order valence-corrected chi connectivity index (χ2v) is 5.63. The molecule has 2 unspecified atom stereocenters. The van der Waals surface area contributed by atoms with Crippen molar-refractivity contribution in [3.63, 3.8) is 0 Å². The normalized spacial score (nSPS) is 21.3. The highest BCUT2D eigenvalue weighted by molar-refractivity contribution is 9.10. The van der Waals surface area contributed by atoms with E-state index in [1.165, 1.54) is 0 Å². The van der Waals surface area contributed by atoms with E-state index in [0.29, 0.717) is 19.8 Å². The highest BCUT2D eigenvalue weighted by atomic mass is 79.9. The van der Waals surface area contributed by atoms with Crippen LogP contribution in [0.3, 0.4) is 0 Å². The summed E-state index contributed by atoms with van der Waals surface area (Å²) >= 11 is 3.41. The van der Waals surface area contributed by atoms with E-state index < -0.39 is 0 Å². The van der Waals surface area contributed by atoms with Gasteiger partial charge in [0.15, 0.2) is 0 Å². The number of nitrogens with one attached hydrogen (secondary N) is 1. The zero-order valence-electron chi connectivity index (χ0n) is 11.3. The standard InChI is InChI=1S/C14H21BrN2O2/c1-2-5-16-13(14-10-18-6-7-19-14)8-12-4-3-11(15)9-17-12/h3-4,9,13-14,16H,2,5-8,10H2,1H3. The van der Waals surface area contributed by atoms with Crippen molar-refractivity contribution in [2.24, 2.45) is 0 Å². The molecule has 0 bridgehead atoms. The van der Waals surface area contributed by atoms with Crippen LogP contribution in [0.4, 0.5) is 0 Å². The molecule has 0 aliphatic carbocycles. The second kappa shape index (κ2) is 7.94. The third kappa shape index (κ3) is 4.84. The SMILES string of the molecule is CCCNC(Cc1ccc(Br)cn1)C1COCCO1. The lowest BCUT2D eigenvalue weighted by Gasteiger charge is -2.31. The number of rotatable bonds is 6. The predicted octanol–water partition coefficient (Wildman–Crippen LogP) is 2.17. The summed E-state index contributed by atoms with van der Waals surface area (Å²) in [7, 11) is 0. The molecule has 2 heterocycles. The van der Waals surface area contributed by atoms with Gasteiger partial charge in [-0.05, 0) is 41.0 Å². The van der Waals surface area contributed by atoms with Gasteiger partial charge < -0.3 is 14.8 Å². The Labute approximate surface area is 123 Å². The first-order valence-corrected chi connectivity index (χ1v) is 7.62. The summed E-state index contributed by atoms with van der Waals surface area (Å²) < 4.78 is 12.3. The second-order valence-electron chi connectivity index (χ2n) is 4.72. The van der Waals surface area contributed by atoms with Crippen molar-refractivity contribution in [3.05, 3.63) is 28.5 Å². The van der Waals surface area contributed by atoms with Crippen molar-refractivity contribution in [2.75, 3.05) is 26.4 Å². The van der Waals surface area contributed by atoms with Crippen molar-refractivity contribution in [1.82, 2.24) is 10.3 Å². The monoisotopic (exact) mass is 328 g/mol. The van der Waals surface area contributed by atoms with E-state index in [4.69, 9.17) is 9.47 Å². The molecule has 1 fully saturated rings. The largest absolute Gasteiger partial charge is 0.376 e. The van der Waals surface area contributed by atoms with Crippen LogP contribution in [-0.4, -0.2) is 43.5 Å². The molecule has 1 saturated heterocycles. The van der Waals surface area contributed by atoms with Gasteiger partial charge in [0.25, 0.3) is 0 Å². The van der Waals surface area contributed by atoms with Gasteiger partial charge in [0.2, 0.25) is 0 Å². The van der Waals surface area contributed by atoms with Crippen molar-refractivity contribution < 1.29 is 9.47 Å². The smallest absolute Gasteiger partial charge is 0.0965 e. The third-order valence-corrected chi connectivity index (χ3v) is 3.63. The first-order valence-electron chi connectivity index (χ1n) is 6.82. The molecule has 1 aliphatic rings. The van der Waals surface area contributed by atoms with Gasteiger partial charge in [-0.1, -0.05) is 6.92 Å². The Morgan fingerprint density at radius 2 is 2.37 bits per heavy atom. The summed E-state index contributed by atoms with van der Waals surface area (Å²) in [4.78, 5) is 4.44. The molecule has 1 aromatic heterocycles. The van der Waals surface area contributed by atoms with E-state index in [0.717, 1.165) is 29.6 Å². The molecule has 0 spiro atoms. The number of pyridine rings is 1. The van der Waals surface area contributed by atoms with Gasteiger partial charge in [-0.15, -0.1) is 0 Å². The molecular formula is C14H21BrN2O2. The Bertz CT molecular complexity index is 366. The van der Waals surface area contributed by atoms with Gasteiger partial charge in [0.05, 0.1) is 25.9 Å². The van der Waals surface area contributed by atoms with Crippen molar-refractivity contribution in [2.45, 2.75) is 31.9 Å². The minimum atomic E-state index is 0.116. The molecule has 1 N–H and O–H groups in total. The molecule has 0 saturated carbocycles. The molecule has 2 atom stereocenters. The van der Waals surface area contributed by atoms with Crippen LogP contribution >= 0.6 is 15.9 Å². The van der Waals surface area contributed by atoms with Crippen LogP contribution in [-0.2, 0) is 15.9 Å². The Balaban J connectivity index is 1.97. The molecule has 2 rings (SSSR count). The quantitative estimate of drug-likeness (QED) is 0.869. The Kier molecular flexibility index (Phi) is 6.23. The first-order chi connectivity index (χ1) is 9.29. The fourth-order valence-corrected chi connectivity index (χ4v) is 2.39. The Morgan fingerprint density at radius 3 is 3.00 bits per heavy atom. The van der Waals surface area contributed by atoms with Gasteiger partial charge in [0.1, 0.15) is 0 Å². The van der Waals surface area contributed by atoms with E-state index in [9.17, 15) is 0 Å². The summed E-state index contributed by atoms with van der Waals surface area (Å²) in [5, 5.41) is 3.55. The number of hydrogen-bond donors (Lipinski definition) is 1. The van der Waals surface area contributed by atoms with E-state index >= 15 is 0 Å². The summed E-state index contributed by atoms with van der Waals surface area (Å²) in [6.07, 6.45) is 3.93. The molecule has 0 aromatic carbocycles. The first kappa shape index (κ1) is 14.9. The maximum atomic E-state index is 5.81. The highest BCUT2D eigenvalue weighted by Crippen LogP contribution is 2.13. The fraction of sp³-hybridized carbons (Fsp3) is 0.643. The van der Waals surface area contributed by atoms with Crippen LogP contribution in [0.15, 0.2) is 22.8 Å². The topological polar surface area (TPSA) is 43.4 Å². The summed E-state index contributed by atoms with van der Waals surface area (Å²) in [6.45, 7) is 5.20. The van der Waals surface area contributed by atoms with Gasteiger partial charge in [-0.25, -0.2) is 0 Å². The maximum absolute atomic E-state index is 5.81. The van der Waals surface area contributed by atoms with Gasteiger partial charge in [0, 0.05) is 28.8 Å². The lowest BCUT2D eigenvalue weighted by Crippen LogP contribution is -2.48. The highest BCUT2D eigenvalue weighted by Gasteiger charge is 2.25. The van der Waals surface area contributed by atoms with E-state index in [2.05, 4.69) is 33.2 Å². The summed E-state index contributed by atoms with van der Waals surface area (Å²) in [6, 6.07) is 4.33. The van der Waals surface area contributed by atoms with Crippen molar-refractivity contribution in [1.29, 1.82) is 0 Å². The van der Waals surface area contributed by atoms with Gasteiger partial charge >= 0.3 is 0 Å². The Morgan fingerprint density at radius 1 is 1.47 bits per heavy atom. The number of nitrogens with zero attached hydrogens (tertiary/aromatic N) is 1. The van der Waals surface area contributed by atoms with Crippen LogP contribution in [0, 0.1) is 0 Å². The molecule has 4 nitrogen and oxygen atoms in total. The van der Waals surface area contributed by atoms with E-state index in [1.807, 2.05) is 18.3 Å². The predicted molar refractivity (Wildman–Crippen MR) is 78.3 cm³/mol. The number of halogens is 1. The zero-order chi connectivity index (χ0) is 13.5. The van der Waals surface area contributed by atoms with Crippen LogP contribution in [0.2, 0.25) is 0 Å². The van der Waals surface area contributed by atoms with Crippen LogP contribution in [0.5, 0.6) is 0 Å². The van der Waals surface area contributed by atoms with Crippen LogP contribution in [0.25, 0.3) is 0 Å². The van der Waals surface area contributed by atoms with E-state index in [-0.39, 0.29) is 12.1 Å². The lowest BCUT2D eigenvalue weighted by atomic mass is 10.0. The molecule has 5 heteroatoms. The van der Waals surface area contributed by atoms with Crippen LogP contribution < -0.4 is 5.32 Å². The molecule has 19 heavy (non-hydrogen) atoms. The molecule has 106 valence electrons. The zero-order valence-corrected chi connectivity index (χ0v) is 12.9. The number of ether oxygens (including phenoxy) is 2. The van der Waals surface area contributed by atoms with Gasteiger partial charge in [-0.2, -0.15) is 0 Å². The minimum absolute atomic E-state index is 0.116. The van der Waals surface area contributed by atoms with Crippen LogP contribution in [0.1, 0.15) is 19.0 Å². The maximum Gasteiger partial charge on any atom is 0.0965 e. The number of aromatic nitrogens is 1. The third-order valence-electron chi connectivity index (χ3n) is 3.16. The summed E-state index contributed by atoms with van der Waals surface area (Å²) in [5.74, 6) is 0. The Hall–Kier alpha value is -0.490. The minimum Gasteiger partial charge on any atom is -0.376 e. The molecule has 0 radical (unpaired) electrons. The summed E-state index contributed by atoms with van der Waals surface area (Å²) in [5.41, 5.74) is 1.07. The van der Waals surface area contributed by atoms with Crippen molar-refractivity contribution >= 4 is 15.9 Å². The average Bonchev–Trinajstić information content (AvgIpc) is 2.46. The van der Waals surface area contributed by atoms with Gasteiger partial charge in [-0.3, -0.25) is 4.98 Å².